The monoisotopic (exact) mass is 365 g/mol. The maximum Gasteiger partial charge on any atom is 0.246 e. The van der Waals surface area contributed by atoms with Crippen molar-refractivity contribution in [3.05, 3.63) is 11.6 Å². The largest absolute Gasteiger partial charge is 0.335 e. The molecule has 5 rings (SSSR count). The normalized spacial score (nSPS) is 41.9. The lowest BCUT2D eigenvalue weighted by Crippen LogP contribution is -2.47. The van der Waals surface area contributed by atoms with E-state index in [9.17, 15) is 13.2 Å². The predicted molar refractivity (Wildman–Crippen MR) is 98.8 cm³/mol. The van der Waals surface area contributed by atoms with Gasteiger partial charge in [0.2, 0.25) is 5.91 Å². The Balaban J connectivity index is 1.52. The van der Waals surface area contributed by atoms with Gasteiger partial charge in [0.25, 0.3) is 0 Å². The molecule has 0 aromatic rings. The average molecular weight is 366 g/mol. The van der Waals surface area contributed by atoms with E-state index in [1.807, 2.05) is 13.0 Å². The Morgan fingerprint density at radius 2 is 1.68 bits per heavy atom. The summed E-state index contributed by atoms with van der Waals surface area (Å²) < 4.78 is 23.6. The van der Waals surface area contributed by atoms with Gasteiger partial charge in [-0.05, 0) is 82.0 Å². The van der Waals surface area contributed by atoms with Gasteiger partial charge in [-0.15, -0.1) is 0 Å². The van der Waals surface area contributed by atoms with Crippen molar-refractivity contribution < 1.29 is 13.2 Å². The number of amides is 1. The molecule has 0 aromatic carbocycles. The molecule has 140 valence electrons. The molecular weight excluding hydrogens is 334 g/mol. The van der Waals surface area contributed by atoms with Crippen LogP contribution < -0.4 is 0 Å². The Labute approximate surface area is 152 Å². The van der Waals surface area contributed by atoms with Crippen LogP contribution in [0.15, 0.2) is 11.6 Å². The van der Waals surface area contributed by atoms with Crippen molar-refractivity contribution in [2.75, 3.05) is 18.1 Å². The molecule has 4 saturated carbocycles. The molecule has 1 aliphatic heterocycles. The fraction of sp³-hybridized carbons (Fsp3) is 0.850. The van der Waals surface area contributed by atoms with Crippen LogP contribution >= 0.6 is 0 Å². The van der Waals surface area contributed by atoms with E-state index in [1.54, 1.807) is 4.90 Å². The van der Waals surface area contributed by atoms with Crippen LogP contribution in [0.25, 0.3) is 0 Å². The first-order chi connectivity index (χ1) is 11.8. The molecule has 5 fully saturated rings. The summed E-state index contributed by atoms with van der Waals surface area (Å²) in [7, 11) is -2.96. The van der Waals surface area contributed by atoms with Crippen molar-refractivity contribution in [1.82, 2.24) is 4.90 Å². The summed E-state index contributed by atoms with van der Waals surface area (Å²) in [5, 5.41) is 0. The summed E-state index contributed by atoms with van der Waals surface area (Å²) in [6, 6.07) is -0.136. The molecule has 1 unspecified atom stereocenters. The first-order valence-electron chi connectivity index (χ1n) is 10.00. The fourth-order valence-corrected chi connectivity index (χ4v) is 8.36. The zero-order chi connectivity index (χ0) is 17.8. The Hall–Kier alpha value is -0.840. The van der Waals surface area contributed by atoms with E-state index >= 15 is 0 Å². The quantitative estimate of drug-likeness (QED) is 0.719. The number of sulfone groups is 1. The fourth-order valence-electron chi connectivity index (χ4n) is 6.63. The maximum absolute atomic E-state index is 12.9. The van der Waals surface area contributed by atoms with Gasteiger partial charge in [-0.3, -0.25) is 4.79 Å². The van der Waals surface area contributed by atoms with Crippen molar-refractivity contribution in [2.45, 2.75) is 64.8 Å². The van der Waals surface area contributed by atoms with Crippen LogP contribution in [-0.4, -0.2) is 43.3 Å². The third-order valence-electron chi connectivity index (χ3n) is 7.49. The Morgan fingerprint density at radius 3 is 2.12 bits per heavy atom. The van der Waals surface area contributed by atoms with E-state index < -0.39 is 9.84 Å². The molecule has 4 aliphatic carbocycles. The number of hydrogen-bond donors (Lipinski definition) is 0. The summed E-state index contributed by atoms with van der Waals surface area (Å²) in [5.74, 6) is 2.99. The highest BCUT2D eigenvalue weighted by Gasteiger charge is 2.51. The lowest BCUT2D eigenvalue weighted by Gasteiger charge is -2.57. The molecule has 1 amide bonds. The van der Waals surface area contributed by atoms with E-state index in [-0.39, 0.29) is 28.9 Å². The molecule has 4 nitrogen and oxygen atoms in total. The predicted octanol–water partition coefficient (Wildman–Crippen LogP) is 3.18. The molecular formula is C20H31NO3S. The van der Waals surface area contributed by atoms with Crippen LogP contribution in [0.2, 0.25) is 0 Å². The molecule has 1 heterocycles. The Kier molecular flexibility index (Phi) is 4.29. The molecule has 25 heavy (non-hydrogen) atoms. The van der Waals surface area contributed by atoms with Crippen molar-refractivity contribution in [3.8, 4) is 0 Å². The summed E-state index contributed by atoms with van der Waals surface area (Å²) in [5.41, 5.74) is 1.52. The third kappa shape index (κ3) is 3.17. The highest BCUT2D eigenvalue weighted by Crippen LogP contribution is 2.62. The van der Waals surface area contributed by atoms with E-state index in [4.69, 9.17) is 0 Å². The van der Waals surface area contributed by atoms with Crippen molar-refractivity contribution in [1.29, 1.82) is 0 Å². The lowest BCUT2D eigenvalue weighted by atomic mass is 9.48. The minimum absolute atomic E-state index is 0.0258. The number of carbonyl (C=O) groups excluding carboxylic acids is 1. The average Bonchev–Trinajstić information content (AvgIpc) is 2.86. The molecule has 1 atom stereocenters. The first kappa shape index (κ1) is 17.6. The van der Waals surface area contributed by atoms with E-state index in [0.29, 0.717) is 13.0 Å². The topological polar surface area (TPSA) is 54.5 Å². The Bertz CT molecular complexity index is 658. The molecule has 5 heteroatoms. The van der Waals surface area contributed by atoms with Crippen LogP contribution in [0, 0.1) is 23.2 Å². The second-order valence-electron chi connectivity index (χ2n) is 9.21. The standard InChI is InChI=1S/C20H31NO3S/c1-3-21(18-4-5-25(23,24)13-18)19(22)6-14(2)20-10-15-7-16(11-20)9-17(8-15)12-20/h6,15-18H,3-5,7-13H2,1-2H3/b14-6+. The van der Waals surface area contributed by atoms with E-state index in [0.717, 1.165) is 17.8 Å². The van der Waals surface area contributed by atoms with Gasteiger partial charge < -0.3 is 4.90 Å². The zero-order valence-corrected chi connectivity index (χ0v) is 16.4. The van der Waals surface area contributed by atoms with Gasteiger partial charge in [0.05, 0.1) is 11.5 Å². The Morgan fingerprint density at radius 1 is 1.12 bits per heavy atom. The molecule has 4 bridgehead atoms. The van der Waals surface area contributed by atoms with Crippen molar-refractivity contribution >= 4 is 15.7 Å². The number of rotatable bonds is 4. The van der Waals surface area contributed by atoms with Gasteiger partial charge in [0.1, 0.15) is 0 Å². The minimum Gasteiger partial charge on any atom is -0.335 e. The second-order valence-corrected chi connectivity index (χ2v) is 11.4. The smallest absolute Gasteiger partial charge is 0.246 e. The van der Waals surface area contributed by atoms with Gasteiger partial charge in [0, 0.05) is 18.7 Å². The third-order valence-corrected chi connectivity index (χ3v) is 9.24. The van der Waals surface area contributed by atoms with Gasteiger partial charge >= 0.3 is 0 Å². The second kappa shape index (κ2) is 6.11. The minimum atomic E-state index is -2.96. The summed E-state index contributed by atoms with van der Waals surface area (Å²) in [4.78, 5) is 14.7. The van der Waals surface area contributed by atoms with Crippen molar-refractivity contribution in [2.24, 2.45) is 23.2 Å². The maximum atomic E-state index is 12.9. The summed E-state index contributed by atoms with van der Waals surface area (Å²) in [6.07, 6.45) is 10.5. The van der Waals surface area contributed by atoms with E-state index in [2.05, 4.69) is 6.92 Å². The number of nitrogens with zero attached hydrogens (tertiary/aromatic N) is 1. The first-order valence-corrected chi connectivity index (χ1v) is 11.8. The molecule has 0 aromatic heterocycles. The number of allylic oxidation sites excluding steroid dienone is 1. The van der Waals surface area contributed by atoms with Gasteiger partial charge in [-0.2, -0.15) is 0 Å². The molecule has 0 spiro atoms. The highest BCUT2D eigenvalue weighted by atomic mass is 32.2. The van der Waals surface area contributed by atoms with E-state index in [1.165, 1.54) is 44.1 Å². The molecule has 0 radical (unpaired) electrons. The van der Waals surface area contributed by atoms with Crippen LogP contribution in [0.1, 0.15) is 58.8 Å². The number of hydrogen-bond acceptors (Lipinski definition) is 3. The van der Waals surface area contributed by atoms with Gasteiger partial charge in [0.15, 0.2) is 9.84 Å². The highest BCUT2D eigenvalue weighted by molar-refractivity contribution is 7.91. The molecule has 0 N–H and O–H groups in total. The lowest BCUT2D eigenvalue weighted by molar-refractivity contribution is -0.127. The SMILES string of the molecule is CCN(C(=O)/C=C(\C)C12CC3CC(CC(C3)C1)C2)C1CCS(=O)(=O)C1. The number of carbonyl (C=O) groups is 1. The summed E-state index contributed by atoms with van der Waals surface area (Å²) in [6.45, 7) is 4.70. The van der Waals surface area contributed by atoms with Gasteiger partial charge in [-0.25, -0.2) is 8.42 Å². The zero-order valence-electron chi connectivity index (χ0n) is 15.5. The summed E-state index contributed by atoms with van der Waals surface area (Å²) >= 11 is 0. The van der Waals surface area contributed by atoms with Crippen LogP contribution in [0.4, 0.5) is 0 Å². The molecule has 5 aliphatic rings. The van der Waals surface area contributed by atoms with Gasteiger partial charge in [-0.1, -0.05) is 5.57 Å². The number of likely N-dealkylation sites (N-methyl/N-ethyl adjacent to an activating group) is 1. The van der Waals surface area contributed by atoms with Crippen LogP contribution in [-0.2, 0) is 14.6 Å². The van der Waals surface area contributed by atoms with Crippen LogP contribution in [0.3, 0.4) is 0 Å². The van der Waals surface area contributed by atoms with Crippen LogP contribution in [0.5, 0.6) is 0 Å². The molecule has 1 saturated heterocycles. The van der Waals surface area contributed by atoms with Crippen molar-refractivity contribution in [3.63, 3.8) is 0 Å².